The minimum atomic E-state index is 0.304. The lowest BCUT2D eigenvalue weighted by Gasteiger charge is -2.34. The molecule has 1 unspecified atom stereocenters. The van der Waals surface area contributed by atoms with Crippen molar-refractivity contribution in [3.05, 3.63) is 36.0 Å². The first kappa shape index (κ1) is 15.5. The van der Waals surface area contributed by atoms with Gasteiger partial charge < -0.3 is 15.0 Å². The van der Waals surface area contributed by atoms with E-state index in [2.05, 4.69) is 53.3 Å². The monoisotopic (exact) mass is 301 g/mol. The maximum Gasteiger partial charge on any atom is 0.0826 e. The van der Waals surface area contributed by atoms with Gasteiger partial charge in [-0.25, -0.2) is 0 Å². The van der Waals surface area contributed by atoms with Crippen molar-refractivity contribution in [1.29, 1.82) is 0 Å². The number of hydrogen-bond donors (Lipinski definition) is 2. The Bertz CT molecular complexity index is 593. The number of ether oxygens (including phenoxy) is 1. The Morgan fingerprint density at radius 3 is 3.14 bits per heavy atom. The fourth-order valence-corrected chi connectivity index (χ4v) is 3.26. The van der Waals surface area contributed by atoms with Crippen molar-refractivity contribution in [2.45, 2.75) is 26.5 Å². The van der Waals surface area contributed by atoms with E-state index >= 15 is 0 Å². The maximum absolute atomic E-state index is 5.89. The second-order valence-electron chi connectivity index (χ2n) is 6.63. The molecule has 1 aromatic heterocycles. The van der Waals surface area contributed by atoms with Crippen LogP contribution in [-0.4, -0.2) is 48.8 Å². The molecule has 1 aliphatic heterocycles. The average Bonchev–Trinajstić information content (AvgIpc) is 2.96. The van der Waals surface area contributed by atoms with Crippen molar-refractivity contribution in [3.63, 3.8) is 0 Å². The minimum absolute atomic E-state index is 0.304. The fraction of sp³-hybridized carbons (Fsp3) is 0.556. The van der Waals surface area contributed by atoms with E-state index in [0.717, 1.165) is 38.7 Å². The number of benzene rings is 1. The summed E-state index contributed by atoms with van der Waals surface area (Å²) in [5.74, 6) is 0.720. The topological polar surface area (TPSA) is 40.3 Å². The van der Waals surface area contributed by atoms with Gasteiger partial charge in [0.2, 0.25) is 0 Å². The van der Waals surface area contributed by atoms with Gasteiger partial charge in [-0.15, -0.1) is 0 Å². The second kappa shape index (κ2) is 7.27. The van der Waals surface area contributed by atoms with E-state index < -0.39 is 0 Å². The molecule has 0 amide bonds. The van der Waals surface area contributed by atoms with E-state index in [1.165, 1.54) is 23.0 Å². The third-order valence-electron chi connectivity index (χ3n) is 4.22. The van der Waals surface area contributed by atoms with Crippen LogP contribution >= 0.6 is 0 Å². The van der Waals surface area contributed by atoms with Crippen molar-refractivity contribution in [2.24, 2.45) is 5.92 Å². The summed E-state index contributed by atoms with van der Waals surface area (Å²) in [6, 6.07) is 8.56. The summed E-state index contributed by atoms with van der Waals surface area (Å²) in [5.41, 5.74) is 2.55. The van der Waals surface area contributed by atoms with Crippen LogP contribution in [0.4, 0.5) is 0 Å². The average molecular weight is 301 g/mol. The molecule has 120 valence electrons. The third-order valence-corrected chi connectivity index (χ3v) is 4.22. The molecule has 0 radical (unpaired) electrons. The minimum Gasteiger partial charge on any atom is -0.374 e. The SMILES string of the molecule is CC(C)CN1CCOC(CNCc2cccc3[nH]ccc23)C1. The Morgan fingerprint density at radius 2 is 2.27 bits per heavy atom. The highest BCUT2D eigenvalue weighted by molar-refractivity contribution is 5.82. The second-order valence-corrected chi connectivity index (χ2v) is 6.63. The lowest BCUT2D eigenvalue weighted by atomic mass is 10.1. The van der Waals surface area contributed by atoms with Gasteiger partial charge in [0.1, 0.15) is 0 Å². The van der Waals surface area contributed by atoms with E-state index in [-0.39, 0.29) is 0 Å². The number of nitrogens with one attached hydrogen (secondary N) is 2. The summed E-state index contributed by atoms with van der Waals surface area (Å²) in [6.07, 6.45) is 2.31. The van der Waals surface area contributed by atoms with Crippen LogP contribution in [-0.2, 0) is 11.3 Å². The van der Waals surface area contributed by atoms with Crippen molar-refractivity contribution >= 4 is 10.9 Å². The van der Waals surface area contributed by atoms with Crippen LogP contribution < -0.4 is 5.32 Å². The van der Waals surface area contributed by atoms with Gasteiger partial charge in [-0.2, -0.15) is 0 Å². The van der Waals surface area contributed by atoms with Crippen LogP contribution in [0.3, 0.4) is 0 Å². The molecule has 1 fully saturated rings. The molecule has 3 rings (SSSR count). The summed E-state index contributed by atoms with van der Waals surface area (Å²) >= 11 is 0. The molecule has 0 aliphatic carbocycles. The van der Waals surface area contributed by atoms with E-state index in [4.69, 9.17) is 4.74 Å². The Labute approximate surface area is 132 Å². The van der Waals surface area contributed by atoms with Crippen LogP contribution in [0.1, 0.15) is 19.4 Å². The highest BCUT2D eigenvalue weighted by atomic mass is 16.5. The molecule has 4 nitrogen and oxygen atoms in total. The molecule has 4 heteroatoms. The molecule has 2 heterocycles. The van der Waals surface area contributed by atoms with Crippen LogP contribution in [0.15, 0.2) is 30.5 Å². The van der Waals surface area contributed by atoms with Crippen LogP contribution in [0.2, 0.25) is 0 Å². The number of nitrogens with zero attached hydrogens (tertiary/aromatic N) is 1. The van der Waals surface area contributed by atoms with Gasteiger partial charge in [0, 0.05) is 49.8 Å². The van der Waals surface area contributed by atoms with E-state index in [0.29, 0.717) is 6.10 Å². The smallest absolute Gasteiger partial charge is 0.0826 e. The zero-order valence-corrected chi connectivity index (χ0v) is 13.6. The van der Waals surface area contributed by atoms with Gasteiger partial charge >= 0.3 is 0 Å². The zero-order chi connectivity index (χ0) is 15.4. The van der Waals surface area contributed by atoms with E-state index in [1.54, 1.807) is 0 Å². The van der Waals surface area contributed by atoms with Gasteiger partial charge in [0.05, 0.1) is 12.7 Å². The summed E-state index contributed by atoms with van der Waals surface area (Å²) in [6.45, 7) is 10.5. The fourth-order valence-electron chi connectivity index (χ4n) is 3.26. The van der Waals surface area contributed by atoms with Crippen LogP contribution in [0.5, 0.6) is 0 Å². The maximum atomic E-state index is 5.89. The van der Waals surface area contributed by atoms with Crippen LogP contribution in [0.25, 0.3) is 10.9 Å². The molecule has 1 aromatic carbocycles. The molecule has 0 spiro atoms. The normalized spacial score (nSPS) is 20.0. The number of aromatic nitrogens is 1. The Hall–Kier alpha value is -1.36. The van der Waals surface area contributed by atoms with E-state index in [9.17, 15) is 0 Å². The quantitative estimate of drug-likeness (QED) is 0.861. The number of aromatic amines is 1. The highest BCUT2D eigenvalue weighted by Gasteiger charge is 2.20. The van der Waals surface area contributed by atoms with Gasteiger partial charge in [-0.1, -0.05) is 26.0 Å². The molecule has 0 saturated carbocycles. The predicted octanol–water partition coefficient (Wildman–Crippen LogP) is 2.61. The van der Waals surface area contributed by atoms with Crippen molar-refractivity contribution in [3.8, 4) is 0 Å². The van der Waals surface area contributed by atoms with Gasteiger partial charge in [0.15, 0.2) is 0 Å². The predicted molar refractivity (Wildman–Crippen MR) is 91.0 cm³/mol. The molecule has 1 aliphatic rings. The molecular formula is C18H27N3O. The Balaban J connectivity index is 1.49. The molecular weight excluding hydrogens is 274 g/mol. The van der Waals surface area contributed by atoms with Crippen LogP contribution in [0, 0.1) is 5.92 Å². The zero-order valence-electron chi connectivity index (χ0n) is 13.6. The standard InChI is InChI=1S/C18H27N3O/c1-14(2)12-21-8-9-22-16(13-21)11-19-10-15-4-3-5-18-17(15)6-7-20-18/h3-7,14,16,19-20H,8-13H2,1-2H3. The van der Waals surface area contributed by atoms with Gasteiger partial charge in [0.25, 0.3) is 0 Å². The molecule has 2 N–H and O–H groups in total. The Morgan fingerprint density at radius 1 is 1.36 bits per heavy atom. The molecule has 0 bridgehead atoms. The number of H-pyrrole nitrogens is 1. The number of hydrogen-bond acceptors (Lipinski definition) is 3. The number of morpholine rings is 1. The summed E-state index contributed by atoms with van der Waals surface area (Å²) in [7, 11) is 0. The molecule has 1 saturated heterocycles. The molecule has 1 atom stereocenters. The number of fused-ring (bicyclic) bond motifs is 1. The molecule has 2 aromatic rings. The van der Waals surface area contributed by atoms with Crippen molar-refractivity contribution in [1.82, 2.24) is 15.2 Å². The molecule has 22 heavy (non-hydrogen) atoms. The van der Waals surface area contributed by atoms with Crippen molar-refractivity contribution in [2.75, 3.05) is 32.8 Å². The summed E-state index contributed by atoms with van der Waals surface area (Å²) in [5, 5.41) is 4.87. The first-order valence-electron chi connectivity index (χ1n) is 8.32. The summed E-state index contributed by atoms with van der Waals surface area (Å²) in [4.78, 5) is 5.79. The first-order chi connectivity index (χ1) is 10.7. The van der Waals surface area contributed by atoms with Gasteiger partial charge in [-0.3, -0.25) is 4.90 Å². The highest BCUT2D eigenvalue weighted by Crippen LogP contribution is 2.17. The summed E-state index contributed by atoms with van der Waals surface area (Å²) < 4.78 is 5.89. The third kappa shape index (κ3) is 3.88. The van der Waals surface area contributed by atoms with Gasteiger partial charge in [-0.05, 0) is 23.6 Å². The van der Waals surface area contributed by atoms with Crippen molar-refractivity contribution < 1.29 is 4.74 Å². The number of rotatable bonds is 6. The Kier molecular flexibility index (Phi) is 5.13. The first-order valence-corrected chi connectivity index (χ1v) is 8.32. The largest absolute Gasteiger partial charge is 0.374 e. The lowest BCUT2D eigenvalue weighted by molar-refractivity contribution is -0.0303. The lowest BCUT2D eigenvalue weighted by Crippen LogP contribution is -2.47. The van der Waals surface area contributed by atoms with E-state index in [1.807, 2.05) is 6.20 Å².